The van der Waals surface area contributed by atoms with Crippen molar-refractivity contribution in [2.45, 2.75) is 13.0 Å². The summed E-state index contributed by atoms with van der Waals surface area (Å²) in [5, 5.41) is 9.88. The molecule has 32 heavy (non-hydrogen) atoms. The van der Waals surface area contributed by atoms with Gasteiger partial charge in [0.05, 0.1) is 6.61 Å². The fraction of sp³-hybridized carbons (Fsp3) is 0.333. The molecule has 0 unspecified atom stereocenters. The number of nitrogens with zero attached hydrogens (tertiary/aromatic N) is 4. The first kappa shape index (κ1) is 22.3. The fourth-order valence-electron chi connectivity index (χ4n) is 3.80. The number of rotatable bonds is 8. The van der Waals surface area contributed by atoms with Crippen LogP contribution >= 0.6 is 11.6 Å². The zero-order valence-electron chi connectivity index (χ0n) is 18.0. The van der Waals surface area contributed by atoms with E-state index in [2.05, 4.69) is 31.9 Å². The third kappa shape index (κ3) is 5.88. The number of halogens is 1. The SMILES string of the molecule is Nc1ncc(Cc2ccc(OCc3ccc(Cl)cc3)cc2)c(N2CCN(CCO)CC2)n1. The molecule has 1 aliphatic heterocycles. The van der Waals surface area contributed by atoms with Crippen molar-refractivity contribution in [2.75, 3.05) is 50.0 Å². The maximum atomic E-state index is 9.16. The Bertz CT molecular complexity index is 1010. The lowest BCUT2D eigenvalue weighted by Gasteiger charge is -2.35. The number of aliphatic hydroxyl groups excluding tert-OH is 1. The van der Waals surface area contributed by atoms with E-state index in [1.807, 2.05) is 42.6 Å². The molecular formula is C24H28ClN5O2. The Labute approximate surface area is 193 Å². The number of aromatic nitrogens is 2. The zero-order valence-corrected chi connectivity index (χ0v) is 18.7. The molecule has 1 saturated heterocycles. The van der Waals surface area contributed by atoms with E-state index in [0.29, 0.717) is 19.6 Å². The predicted molar refractivity (Wildman–Crippen MR) is 127 cm³/mol. The summed E-state index contributed by atoms with van der Waals surface area (Å²) in [6, 6.07) is 15.7. The molecule has 0 radical (unpaired) electrons. The molecule has 2 heterocycles. The maximum absolute atomic E-state index is 9.16. The fourth-order valence-corrected chi connectivity index (χ4v) is 3.93. The minimum atomic E-state index is 0.186. The molecule has 1 aromatic heterocycles. The van der Waals surface area contributed by atoms with E-state index < -0.39 is 0 Å². The minimum absolute atomic E-state index is 0.186. The van der Waals surface area contributed by atoms with Crippen molar-refractivity contribution < 1.29 is 9.84 Å². The van der Waals surface area contributed by atoms with E-state index in [9.17, 15) is 0 Å². The number of β-amino-alcohol motifs (C(OH)–C–C–N with tert-alkyl or cyclic N) is 1. The third-order valence-electron chi connectivity index (χ3n) is 5.59. The number of ether oxygens (including phenoxy) is 1. The highest BCUT2D eigenvalue weighted by Crippen LogP contribution is 2.24. The van der Waals surface area contributed by atoms with Crippen LogP contribution in [0.5, 0.6) is 5.75 Å². The topological polar surface area (TPSA) is 87.7 Å². The Hall–Kier alpha value is -2.87. The van der Waals surface area contributed by atoms with Crippen molar-refractivity contribution >= 4 is 23.4 Å². The van der Waals surface area contributed by atoms with Crippen LogP contribution in [-0.2, 0) is 13.0 Å². The molecule has 0 amide bonds. The molecule has 4 rings (SSSR count). The molecule has 7 nitrogen and oxygen atoms in total. The molecule has 8 heteroatoms. The van der Waals surface area contributed by atoms with Crippen molar-refractivity contribution in [2.24, 2.45) is 0 Å². The van der Waals surface area contributed by atoms with Crippen LogP contribution in [0.4, 0.5) is 11.8 Å². The van der Waals surface area contributed by atoms with Crippen LogP contribution < -0.4 is 15.4 Å². The summed E-state index contributed by atoms with van der Waals surface area (Å²) in [5.74, 6) is 1.99. The van der Waals surface area contributed by atoms with Crippen molar-refractivity contribution in [1.29, 1.82) is 0 Å². The number of anilines is 2. The Kier molecular flexibility index (Phi) is 7.42. The maximum Gasteiger partial charge on any atom is 0.221 e. The summed E-state index contributed by atoms with van der Waals surface area (Å²) in [7, 11) is 0. The van der Waals surface area contributed by atoms with Gasteiger partial charge in [-0.3, -0.25) is 4.90 Å². The van der Waals surface area contributed by atoms with Gasteiger partial charge in [-0.05, 0) is 35.4 Å². The Morgan fingerprint density at radius 1 is 0.969 bits per heavy atom. The normalized spacial score (nSPS) is 14.5. The number of piperazine rings is 1. The van der Waals surface area contributed by atoms with Crippen LogP contribution in [0.15, 0.2) is 54.7 Å². The number of benzene rings is 2. The molecule has 3 N–H and O–H groups in total. The molecule has 3 aromatic rings. The molecule has 0 spiro atoms. The summed E-state index contributed by atoms with van der Waals surface area (Å²) in [5.41, 5.74) is 9.16. The van der Waals surface area contributed by atoms with Gasteiger partial charge >= 0.3 is 0 Å². The first-order chi connectivity index (χ1) is 15.6. The van der Waals surface area contributed by atoms with Crippen LogP contribution in [0.25, 0.3) is 0 Å². The van der Waals surface area contributed by atoms with Gasteiger partial charge in [0.2, 0.25) is 5.95 Å². The van der Waals surface area contributed by atoms with Crippen LogP contribution in [0.1, 0.15) is 16.7 Å². The monoisotopic (exact) mass is 453 g/mol. The van der Waals surface area contributed by atoms with Gasteiger partial charge in [0.15, 0.2) is 0 Å². The summed E-state index contributed by atoms with van der Waals surface area (Å²) >= 11 is 5.93. The molecule has 0 atom stereocenters. The first-order valence-electron chi connectivity index (χ1n) is 10.8. The van der Waals surface area contributed by atoms with Gasteiger partial charge in [0, 0.05) is 55.9 Å². The molecule has 1 aliphatic rings. The molecule has 0 aliphatic carbocycles. The molecule has 0 saturated carbocycles. The van der Waals surface area contributed by atoms with Crippen molar-refractivity contribution in [1.82, 2.24) is 14.9 Å². The van der Waals surface area contributed by atoms with Crippen molar-refractivity contribution in [3.05, 3.63) is 76.4 Å². The number of hydrogen-bond acceptors (Lipinski definition) is 7. The average molecular weight is 454 g/mol. The van der Waals surface area contributed by atoms with E-state index in [-0.39, 0.29) is 12.6 Å². The van der Waals surface area contributed by atoms with Crippen LogP contribution in [0, 0.1) is 0 Å². The van der Waals surface area contributed by atoms with Gasteiger partial charge in [-0.2, -0.15) is 4.98 Å². The van der Waals surface area contributed by atoms with Crippen LogP contribution in [0.2, 0.25) is 5.02 Å². The van der Waals surface area contributed by atoms with Gasteiger partial charge in [0.25, 0.3) is 0 Å². The summed E-state index contributed by atoms with van der Waals surface area (Å²) in [6.07, 6.45) is 2.53. The van der Waals surface area contributed by atoms with E-state index in [1.165, 1.54) is 0 Å². The zero-order chi connectivity index (χ0) is 22.3. The first-order valence-corrected chi connectivity index (χ1v) is 11.1. The Balaban J connectivity index is 1.40. The number of hydrogen-bond donors (Lipinski definition) is 2. The Morgan fingerprint density at radius 3 is 2.34 bits per heavy atom. The molecular weight excluding hydrogens is 426 g/mol. The van der Waals surface area contributed by atoms with E-state index >= 15 is 0 Å². The average Bonchev–Trinajstić information content (AvgIpc) is 2.81. The second-order valence-corrected chi connectivity index (χ2v) is 8.30. The van der Waals surface area contributed by atoms with E-state index in [1.54, 1.807) is 0 Å². The highest BCUT2D eigenvalue weighted by Gasteiger charge is 2.20. The van der Waals surface area contributed by atoms with E-state index in [0.717, 1.165) is 59.5 Å². The standard InChI is InChI=1S/C24H28ClN5O2/c25-21-5-1-19(2-6-21)17-32-22-7-3-18(4-8-22)15-20-16-27-24(26)28-23(20)30-11-9-29(10-12-30)13-14-31/h1-8,16,31H,9-15,17H2,(H2,26,27,28). The van der Waals surface area contributed by atoms with E-state index in [4.69, 9.17) is 27.2 Å². The number of nitrogen functional groups attached to an aromatic ring is 1. The smallest absolute Gasteiger partial charge is 0.221 e. The van der Waals surface area contributed by atoms with Gasteiger partial charge in [0.1, 0.15) is 18.2 Å². The summed E-state index contributed by atoms with van der Waals surface area (Å²) in [4.78, 5) is 13.3. The van der Waals surface area contributed by atoms with Crippen molar-refractivity contribution in [3.8, 4) is 5.75 Å². The lowest BCUT2D eigenvalue weighted by molar-refractivity contribution is 0.188. The molecule has 168 valence electrons. The third-order valence-corrected chi connectivity index (χ3v) is 5.84. The molecule has 0 bridgehead atoms. The van der Waals surface area contributed by atoms with Crippen molar-refractivity contribution in [3.63, 3.8) is 0 Å². The van der Waals surface area contributed by atoms with Crippen LogP contribution in [-0.4, -0.2) is 59.3 Å². The number of aliphatic hydroxyl groups is 1. The second-order valence-electron chi connectivity index (χ2n) is 7.87. The largest absolute Gasteiger partial charge is 0.489 e. The highest BCUT2D eigenvalue weighted by molar-refractivity contribution is 6.30. The minimum Gasteiger partial charge on any atom is -0.489 e. The second kappa shape index (κ2) is 10.6. The lowest BCUT2D eigenvalue weighted by Crippen LogP contribution is -2.47. The molecule has 2 aromatic carbocycles. The highest BCUT2D eigenvalue weighted by atomic mass is 35.5. The van der Waals surface area contributed by atoms with Gasteiger partial charge in [-0.25, -0.2) is 4.98 Å². The Morgan fingerprint density at radius 2 is 1.66 bits per heavy atom. The quantitative estimate of drug-likeness (QED) is 0.542. The lowest BCUT2D eigenvalue weighted by atomic mass is 10.1. The molecule has 1 fully saturated rings. The van der Waals surface area contributed by atoms with Gasteiger partial charge in [-0.15, -0.1) is 0 Å². The van der Waals surface area contributed by atoms with Crippen LogP contribution in [0.3, 0.4) is 0 Å². The van der Waals surface area contributed by atoms with Gasteiger partial charge < -0.3 is 20.5 Å². The number of nitrogens with two attached hydrogens (primary N) is 1. The summed E-state index contributed by atoms with van der Waals surface area (Å²) in [6.45, 7) is 4.87. The predicted octanol–water partition coefficient (Wildman–Crippen LogP) is 3.00. The van der Waals surface area contributed by atoms with Gasteiger partial charge in [-0.1, -0.05) is 35.9 Å². The summed E-state index contributed by atoms with van der Waals surface area (Å²) < 4.78 is 5.89.